The molecule has 1 aliphatic rings. The smallest absolute Gasteiger partial charge is 0.324 e. The van der Waals surface area contributed by atoms with E-state index in [1.165, 1.54) is 0 Å². The van der Waals surface area contributed by atoms with E-state index < -0.39 is 23.6 Å². The third-order valence-electron chi connectivity index (χ3n) is 4.09. The molecule has 1 aromatic rings. The van der Waals surface area contributed by atoms with Gasteiger partial charge >= 0.3 is 6.18 Å². The average Bonchev–Trinajstić information content (AvgIpc) is 2.65. The van der Waals surface area contributed by atoms with Gasteiger partial charge in [0.15, 0.2) is 0 Å². The Kier molecular flexibility index (Phi) is 4.68. The fourth-order valence-corrected chi connectivity index (χ4v) is 2.99. The van der Waals surface area contributed by atoms with Crippen LogP contribution in [0.25, 0.3) is 0 Å². The van der Waals surface area contributed by atoms with Gasteiger partial charge in [-0.2, -0.15) is 13.2 Å². The summed E-state index contributed by atoms with van der Waals surface area (Å²) >= 11 is 0. The zero-order chi connectivity index (χ0) is 14.8. The van der Waals surface area contributed by atoms with Crippen LogP contribution in [0.3, 0.4) is 0 Å². The summed E-state index contributed by atoms with van der Waals surface area (Å²) in [7, 11) is 0. The Balaban J connectivity index is 2.32. The highest BCUT2D eigenvalue weighted by atomic mass is 19.4. The van der Waals surface area contributed by atoms with E-state index in [1.54, 1.807) is 0 Å². The molecule has 1 aliphatic carbocycles. The van der Waals surface area contributed by atoms with Gasteiger partial charge in [0.2, 0.25) is 0 Å². The molecule has 0 bridgehead atoms. The molecule has 0 heterocycles. The maximum atomic E-state index is 13.3. The van der Waals surface area contributed by atoms with Gasteiger partial charge in [0.05, 0.1) is 5.56 Å². The maximum Gasteiger partial charge on any atom is 0.416 e. The maximum absolute atomic E-state index is 13.3. The molecule has 112 valence electrons. The van der Waals surface area contributed by atoms with Crippen molar-refractivity contribution in [3.8, 4) is 0 Å². The molecule has 1 aromatic carbocycles. The van der Waals surface area contributed by atoms with Gasteiger partial charge in [0.25, 0.3) is 0 Å². The van der Waals surface area contributed by atoms with Crippen LogP contribution in [0.2, 0.25) is 0 Å². The number of hydrogen-bond donors (Lipinski definition) is 1. The Morgan fingerprint density at radius 1 is 1.05 bits per heavy atom. The number of nitrogens with two attached hydrogens (primary N) is 1. The van der Waals surface area contributed by atoms with Crippen LogP contribution >= 0.6 is 0 Å². The summed E-state index contributed by atoms with van der Waals surface area (Å²) in [4.78, 5) is 0. The van der Waals surface area contributed by atoms with Crippen LogP contribution in [-0.4, -0.2) is 0 Å². The molecule has 0 aromatic heterocycles. The molecule has 1 saturated carbocycles. The molecule has 1 nitrogen and oxygen atoms in total. The highest BCUT2D eigenvalue weighted by Gasteiger charge is 2.36. The van der Waals surface area contributed by atoms with Crippen molar-refractivity contribution in [1.82, 2.24) is 0 Å². The lowest BCUT2D eigenvalue weighted by molar-refractivity contribution is -0.138. The van der Waals surface area contributed by atoms with E-state index in [4.69, 9.17) is 5.73 Å². The van der Waals surface area contributed by atoms with Crippen molar-refractivity contribution in [3.05, 3.63) is 35.1 Å². The topological polar surface area (TPSA) is 26.0 Å². The van der Waals surface area contributed by atoms with E-state index in [0.29, 0.717) is 0 Å². The first-order valence-corrected chi connectivity index (χ1v) is 7.02. The van der Waals surface area contributed by atoms with Gasteiger partial charge in [-0.25, -0.2) is 4.39 Å². The fraction of sp³-hybridized carbons (Fsp3) is 0.600. The normalized spacial score (nSPS) is 19.6. The largest absolute Gasteiger partial charge is 0.416 e. The van der Waals surface area contributed by atoms with Crippen LogP contribution in [0, 0.1) is 11.7 Å². The summed E-state index contributed by atoms with van der Waals surface area (Å²) in [5.41, 5.74) is 5.12. The summed E-state index contributed by atoms with van der Waals surface area (Å²) < 4.78 is 52.3. The van der Waals surface area contributed by atoms with Gasteiger partial charge in [0, 0.05) is 6.04 Å². The molecule has 2 rings (SSSR count). The summed E-state index contributed by atoms with van der Waals surface area (Å²) in [6, 6.07) is 1.83. The van der Waals surface area contributed by atoms with Crippen molar-refractivity contribution in [2.45, 2.75) is 50.7 Å². The lowest BCUT2D eigenvalue weighted by atomic mass is 9.85. The van der Waals surface area contributed by atoms with Crippen molar-refractivity contribution < 1.29 is 17.6 Å². The molecular formula is C15H19F4N. The second kappa shape index (κ2) is 6.12. The number of benzene rings is 1. The van der Waals surface area contributed by atoms with Crippen LogP contribution in [-0.2, 0) is 6.18 Å². The van der Waals surface area contributed by atoms with Gasteiger partial charge in [0.1, 0.15) is 5.82 Å². The van der Waals surface area contributed by atoms with Gasteiger partial charge in [-0.15, -0.1) is 0 Å². The molecule has 1 atom stereocenters. The van der Waals surface area contributed by atoms with Gasteiger partial charge in [-0.3, -0.25) is 0 Å². The van der Waals surface area contributed by atoms with Crippen molar-refractivity contribution in [2.24, 2.45) is 11.7 Å². The van der Waals surface area contributed by atoms with Crippen molar-refractivity contribution in [1.29, 1.82) is 0 Å². The summed E-state index contributed by atoms with van der Waals surface area (Å²) in [6.07, 6.45) is 1.29. The summed E-state index contributed by atoms with van der Waals surface area (Å²) in [5, 5.41) is 0. The zero-order valence-electron chi connectivity index (χ0n) is 11.2. The van der Waals surface area contributed by atoms with Crippen LogP contribution in [0.15, 0.2) is 18.2 Å². The Bertz CT molecular complexity index is 448. The summed E-state index contributed by atoms with van der Waals surface area (Å²) in [5.74, 6) is -0.669. The van der Waals surface area contributed by atoms with E-state index >= 15 is 0 Å². The Labute approximate surface area is 116 Å². The van der Waals surface area contributed by atoms with E-state index in [-0.39, 0.29) is 11.5 Å². The highest BCUT2D eigenvalue weighted by molar-refractivity contribution is 5.33. The number of alkyl halides is 3. The van der Waals surface area contributed by atoms with Crippen LogP contribution in [0.5, 0.6) is 0 Å². The van der Waals surface area contributed by atoms with Crippen LogP contribution in [0.4, 0.5) is 17.6 Å². The van der Waals surface area contributed by atoms with Crippen molar-refractivity contribution in [2.75, 3.05) is 0 Å². The predicted molar refractivity (Wildman–Crippen MR) is 69.5 cm³/mol. The Morgan fingerprint density at radius 3 is 2.20 bits per heavy atom. The first kappa shape index (κ1) is 15.3. The molecule has 0 radical (unpaired) electrons. The predicted octanol–water partition coefficient (Wildman–Crippen LogP) is 4.81. The molecular weight excluding hydrogens is 270 g/mol. The number of rotatable bonds is 2. The molecule has 0 aliphatic heterocycles. The zero-order valence-corrected chi connectivity index (χ0v) is 11.2. The first-order valence-electron chi connectivity index (χ1n) is 7.02. The standard InChI is InChI=1S/C15H19F4N/c16-11-7-8-13(15(17,18)19)12(9-11)14(20)10-5-3-1-2-4-6-10/h7-10,14H,1-6,20H2. The molecule has 5 heteroatoms. The van der Waals surface area contributed by atoms with Crippen LogP contribution < -0.4 is 5.73 Å². The summed E-state index contributed by atoms with van der Waals surface area (Å²) in [6.45, 7) is 0. The Hall–Kier alpha value is -1.10. The third-order valence-corrected chi connectivity index (χ3v) is 4.09. The van der Waals surface area contributed by atoms with Crippen molar-refractivity contribution in [3.63, 3.8) is 0 Å². The number of halogens is 4. The minimum Gasteiger partial charge on any atom is -0.324 e. The van der Waals surface area contributed by atoms with Gasteiger partial charge in [-0.1, -0.05) is 25.7 Å². The molecule has 0 spiro atoms. The SMILES string of the molecule is NC(c1cc(F)ccc1C(F)(F)F)C1CCCCCC1. The number of hydrogen-bond acceptors (Lipinski definition) is 1. The van der Waals surface area contributed by atoms with Crippen LogP contribution in [0.1, 0.15) is 55.7 Å². The minimum atomic E-state index is -4.49. The van der Waals surface area contributed by atoms with Gasteiger partial charge in [-0.05, 0) is 42.5 Å². The minimum absolute atomic E-state index is 0.000370. The second-order valence-corrected chi connectivity index (χ2v) is 5.51. The Morgan fingerprint density at radius 2 is 1.65 bits per heavy atom. The lowest BCUT2D eigenvalue weighted by Crippen LogP contribution is -2.24. The van der Waals surface area contributed by atoms with E-state index in [0.717, 1.165) is 56.7 Å². The molecule has 1 unspecified atom stereocenters. The molecule has 0 amide bonds. The molecule has 1 fully saturated rings. The molecule has 20 heavy (non-hydrogen) atoms. The second-order valence-electron chi connectivity index (χ2n) is 5.51. The lowest BCUT2D eigenvalue weighted by Gasteiger charge is -2.25. The van der Waals surface area contributed by atoms with Crippen molar-refractivity contribution >= 4 is 0 Å². The van der Waals surface area contributed by atoms with E-state index in [1.807, 2.05) is 0 Å². The fourth-order valence-electron chi connectivity index (χ4n) is 2.99. The van der Waals surface area contributed by atoms with E-state index in [2.05, 4.69) is 0 Å². The first-order chi connectivity index (χ1) is 9.39. The molecule has 0 saturated heterocycles. The molecule has 2 N–H and O–H groups in total. The third kappa shape index (κ3) is 3.51. The average molecular weight is 289 g/mol. The van der Waals surface area contributed by atoms with E-state index in [9.17, 15) is 17.6 Å². The highest BCUT2D eigenvalue weighted by Crippen LogP contribution is 2.39. The van der Waals surface area contributed by atoms with Gasteiger partial charge < -0.3 is 5.73 Å². The quantitative estimate of drug-likeness (QED) is 0.613. The monoisotopic (exact) mass is 289 g/mol.